The number of benzene rings is 1. The van der Waals surface area contributed by atoms with Crippen molar-refractivity contribution in [2.24, 2.45) is 0 Å². The molecular weight excluding hydrogens is 214 g/mol. The highest BCUT2D eigenvalue weighted by molar-refractivity contribution is 6.30. The zero-order valence-corrected chi connectivity index (χ0v) is 8.94. The summed E-state index contributed by atoms with van der Waals surface area (Å²) in [6, 6.07) is 7.35. The Morgan fingerprint density at radius 2 is 2.27 bits per heavy atom. The van der Waals surface area contributed by atoms with Gasteiger partial charge < -0.3 is 4.42 Å². The molecule has 1 atom stereocenters. The monoisotopic (exact) mass is 223 g/mol. The molecule has 0 fully saturated rings. The minimum absolute atomic E-state index is 0.0741. The smallest absolute Gasteiger partial charge is 0.416 e. The van der Waals surface area contributed by atoms with Crippen molar-refractivity contribution in [1.82, 2.24) is 4.57 Å². The van der Waals surface area contributed by atoms with Crippen LogP contribution in [0.4, 0.5) is 0 Å². The number of hydrogen-bond donors (Lipinski definition) is 0. The molecule has 0 aliphatic carbocycles. The van der Waals surface area contributed by atoms with Crippen LogP contribution in [-0.2, 0) is 0 Å². The van der Waals surface area contributed by atoms with E-state index in [2.05, 4.69) is 0 Å². The SMILES string of the molecule is CC(c1cccc(Cl)c1)n1ccoc1=O. The van der Waals surface area contributed by atoms with E-state index < -0.39 is 0 Å². The second-order valence-corrected chi connectivity index (χ2v) is 3.74. The highest BCUT2D eigenvalue weighted by Crippen LogP contribution is 2.19. The van der Waals surface area contributed by atoms with Crippen LogP contribution in [0.2, 0.25) is 5.02 Å². The molecule has 15 heavy (non-hydrogen) atoms. The number of oxazole rings is 1. The molecule has 0 aliphatic heterocycles. The standard InChI is InChI=1S/C11H10ClNO2/c1-8(13-5-6-15-11(13)14)9-3-2-4-10(12)7-9/h2-8H,1H3. The molecule has 2 rings (SSSR count). The van der Waals surface area contributed by atoms with Crippen molar-refractivity contribution in [1.29, 1.82) is 0 Å². The van der Waals surface area contributed by atoms with Crippen molar-refractivity contribution in [2.75, 3.05) is 0 Å². The van der Waals surface area contributed by atoms with Gasteiger partial charge in [-0.05, 0) is 24.6 Å². The molecule has 78 valence electrons. The molecule has 1 heterocycles. The summed E-state index contributed by atoms with van der Waals surface area (Å²) >= 11 is 5.88. The van der Waals surface area contributed by atoms with Crippen molar-refractivity contribution < 1.29 is 4.42 Å². The third-order valence-electron chi connectivity index (χ3n) is 2.35. The normalized spacial score (nSPS) is 12.7. The van der Waals surface area contributed by atoms with E-state index in [4.69, 9.17) is 16.0 Å². The fraction of sp³-hybridized carbons (Fsp3) is 0.182. The lowest BCUT2D eigenvalue weighted by Crippen LogP contribution is -2.18. The van der Waals surface area contributed by atoms with Gasteiger partial charge in [-0.1, -0.05) is 23.7 Å². The molecule has 0 saturated heterocycles. The van der Waals surface area contributed by atoms with Gasteiger partial charge in [-0.3, -0.25) is 4.57 Å². The van der Waals surface area contributed by atoms with Crippen LogP contribution in [0.25, 0.3) is 0 Å². The van der Waals surface area contributed by atoms with Crippen LogP contribution in [0.15, 0.2) is 45.9 Å². The van der Waals surface area contributed by atoms with Crippen molar-refractivity contribution in [3.63, 3.8) is 0 Å². The molecule has 0 saturated carbocycles. The molecule has 0 radical (unpaired) electrons. The fourth-order valence-corrected chi connectivity index (χ4v) is 1.69. The number of aromatic nitrogens is 1. The van der Waals surface area contributed by atoms with E-state index in [1.165, 1.54) is 10.8 Å². The van der Waals surface area contributed by atoms with E-state index in [9.17, 15) is 4.79 Å². The van der Waals surface area contributed by atoms with Crippen molar-refractivity contribution in [3.8, 4) is 0 Å². The topological polar surface area (TPSA) is 35.1 Å². The van der Waals surface area contributed by atoms with Crippen LogP contribution in [0.5, 0.6) is 0 Å². The van der Waals surface area contributed by atoms with Gasteiger partial charge in [0.1, 0.15) is 6.26 Å². The van der Waals surface area contributed by atoms with Crippen molar-refractivity contribution in [3.05, 3.63) is 57.9 Å². The second kappa shape index (κ2) is 3.95. The van der Waals surface area contributed by atoms with Gasteiger partial charge in [0.2, 0.25) is 0 Å². The molecule has 1 unspecified atom stereocenters. The van der Waals surface area contributed by atoms with Gasteiger partial charge in [0, 0.05) is 11.2 Å². The first kappa shape index (κ1) is 10.1. The summed E-state index contributed by atoms with van der Waals surface area (Å²) < 4.78 is 6.23. The van der Waals surface area contributed by atoms with Crippen LogP contribution < -0.4 is 5.76 Å². The molecule has 1 aromatic carbocycles. The molecule has 3 nitrogen and oxygen atoms in total. The predicted octanol–water partition coefficient (Wildman–Crippen LogP) is 2.70. The second-order valence-electron chi connectivity index (χ2n) is 3.31. The average molecular weight is 224 g/mol. The predicted molar refractivity (Wildman–Crippen MR) is 58.2 cm³/mol. The molecular formula is C11H10ClNO2. The Morgan fingerprint density at radius 1 is 1.47 bits per heavy atom. The third-order valence-corrected chi connectivity index (χ3v) is 2.58. The maximum absolute atomic E-state index is 11.3. The maximum atomic E-state index is 11.3. The number of nitrogens with zero attached hydrogens (tertiary/aromatic N) is 1. The van der Waals surface area contributed by atoms with Crippen LogP contribution in [0.3, 0.4) is 0 Å². The van der Waals surface area contributed by atoms with E-state index in [0.717, 1.165) is 5.56 Å². The Hall–Kier alpha value is -1.48. The van der Waals surface area contributed by atoms with Gasteiger partial charge in [-0.15, -0.1) is 0 Å². The first-order valence-electron chi connectivity index (χ1n) is 4.59. The largest absolute Gasteiger partial charge is 0.419 e. The lowest BCUT2D eigenvalue weighted by atomic mass is 10.1. The summed E-state index contributed by atoms with van der Waals surface area (Å²) in [5.74, 6) is -0.359. The molecule has 4 heteroatoms. The van der Waals surface area contributed by atoms with Crippen molar-refractivity contribution in [2.45, 2.75) is 13.0 Å². The zero-order chi connectivity index (χ0) is 10.8. The summed E-state index contributed by atoms with van der Waals surface area (Å²) in [5.41, 5.74) is 0.978. The molecule has 2 aromatic rings. The fourth-order valence-electron chi connectivity index (χ4n) is 1.49. The van der Waals surface area contributed by atoms with Crippen LogP contribution >= 0.6 is 11.6 Å². The van der Waals surface area contributed by atoms with Gasteiger partial charge in [0.25, 0.3) is 0 Å². The van der Waals surface area contributed by atoms with Gasteiger partial charge in [-0.2, -0.15) is 0 Å². The molecule has 0 amide bonds. The highest BCUT2D eigenvalue weighted by Gasteiger charge is 2.10. The Kier molecular flexibility index (Phi) is 2.64. The minimum atomic E-state index is -0.359. The number of halogens is 1. The lowest BCUT2D eigenvalue weighted by Gasteiger charge is -2.11. The Labute approximate surface area is 91.9 Å². The summed E-state index contributed by atoms with van der Waals surface area (Å²) in [4.78, 5) is 11.3. The average Bonchev–Trinajstić information content (AvgIpc) is 2.63. The van der Waals surface area contributed by atoms with Crippen molar-refractivity contribution >= 4 is 11.6 Å². The number of rotatable bonds is 2. The maximum Gasteiger partial charge on any atom is 0.419 e. The van der Waals surface area contributed by atoms with E-state index in [1.807, 2.05) is 25.1 Å². The van der Waals surface area contributed by atoms with E-state index in [-0.39, 0.29) is 11.8 Å². The van der Waals surface area contributed by atoms with Gasteiger partial charge in [0.15, 0.2) is 0 Å². The first-order valence-corrected chi connectivity index (χ1v) is 4.97. The van der Waals surface area contributed by atoms with Crippen LogP contribution in [0.1, 0.15) is 18.5 Å². The van der Waals surface area contributed by atoms with E-state index in [1.54, 1.807) is 12.3 Å². The third kappa shape index (κ3) is 1.97. The van der Waals surface area contributed by atoms with Gasteiger partial charge in [-0.25, -0.2) is 4.79 Å². The number of hydrogen-bond acceptors (Lipinski definition) is 2. The Bertz CT molecular complexity index is 515. The highest BCUT2D eigenvalue weighted by atomic mass is 35.5. The van der Waals surface area contributed by atoms with E-state index >= 15 is 0 Å². The van der Waals surface area contributed by atoms with E-state index in [0.29, 0.717) is 5.02 Å². The Balaban J connectivity index is 2.41. The van der Waals surface area contributed by atoms with Crippen LogP contribution in [0, 0.1) is 0 Å². The summed E-state index contributed by atoms with van der Waals surface area (Å²) in [6.07, 6.45) is 3.00. The molecule has 0 aliphatic rings. The quantitative estimate of drug-likeness (QED) is 0.785. The Morgan fingerprint density at radius 3 is 2.87 bits per heavy atom. The lowest BCUT2D eigenvalue weighted by molar-refractivity contribution is 0.465. The molecule has 0 bridgehead atoms. The van der Waals surface area contributed by atoms with Gasteiger partial charge >= 0.3 is 5.76 Å². The minimum Gasteiger partial charge on any atom is -0.416 e. The molecule has 0 N–H and O–H groups in total. The summed E-state index contributed by atoms with van der Waals surface area (Å²) in [5, 5.41) is 0.663. The summed E-state index contributed by atoms with van der Waals surface area (Å²) in [6.45, 7) is 1.92. The summed E-state index contributed by atoms with van der Waals surface area (Å²) in [7, 11) is 0. The zero-order valence-electron chi connectivity index (χ0n) is 8.18. The molecule has 1 aromatic heterocycles. The first-order chi connectivity index (χ1) is 7.18. The van der Waals surface area contributed by atoms with Gasteiger partial charge in [0.05, 0.1) is 6.04 Å². The van der Waals surface area contributed by atoms with Crippen LogP contribution in [-0.4, -0.2) is 4.57 Å². The molecule has 0 spiro atoms.